The molecule has 2 heterocycles. The average molecular weight is 227 g/mol. The molecule has 1 fully saturated rings. The fraction of sp³-hybridized carbons (Fsp3) is 0.667. The van der Waals surface area contributed by atoms with Gasteiger partial charge < -0.3 is 10.0 Å². The van der Waals surface area contributed by atoms with E-state index in [4.69, 9.17) is 0 Å². The number of carbonyl (C=O) groups excluding carboxylic acids is 1. The zero-order valence-electron chi connectivity index (χ0n) is 8.67. The van der Waals surface area contributed by atoms with Crippen molar-refractivity contribution in [3.8, 4) is 0 Å². The number of hydrogen-bond acceptors (Lipinski definition) is 5. The van der Waals surface area contributed by atoms with E-state index in [2.05, 4.69) is 9.59 Å². The first kappa shape index (κ1) is 10.5. The van der Waals surface area contributed by atoms with Crippen LogP contribution in [0.5, 0.6) is 0 Å². The molecular formula is C9H13N3O2S. The van der Waals surface area contributed by atoms with Crippen LogP contribution < -0.4 is 0 Å². The van der Waals surface area contributed by atoms with E-state index < -0.39 is 6.10 Å². The Hall–Kier alpha value is -1.01. The van der Waals surface area contributed by atoms with E-state index >= 15 is 0 Å². The van der Waals surface area contributed by atoms with Gasteiger partial charge in [-0.15, -0.1) is 5.10 Å². The van der Waals surface area contributed by atoms with Crippen molar-refractivity contribution in [1.29, 1.82) is 0 Å². The highest BCUT2D eigenvalue weighted by Gasteiger charge is 2.34. The highest BCUT2D eigenvalue weighted by Crippen LogP contribution is 2.22. The van der Waals surface area contributed by atoms with Crippen molar-refractivity contribution in [3.05, 3.63) is 10.6 Å². The summed E-state index contributed by atoms with van der Waals surface area (Å²) in [5, 5.41) is 13.4. The third-order valence-corrected chi connectivity index (χ3v) is 3.64. The normalized spacial score (nSPS) is 25.9. The van der Waals surface area contributed by atoms with Gasteiger partial charge in [0.15, 0.2) is 0 Å². The molecular weight excluding hydrogens is 214 g/mol. The van der Waals surface area contributed by atoms with Crippen LogP contribution in [0.25, 0.3) is 0 Å². The number of carbonyl (C=O) groups is 1. The molecule has 2 atom stereocenters. The first-order chi connectivity index (χ1) is 7.11. The lowest BCUT2D eigenvalue weighted by molar-refractivity contribution is 0.0671. The molecule has 15 heavy (non-hydrogen) atoms. The molecule has 1 saturated heterocycles. The lowest BCUT2D eigenvalue weighted by atomic mass is 10.2. The summed E-state index contributed by atoms with van der Waals surface area (Å²) in [5.74, 6) is -0.0634. The van der Waals surface area contributed by atoms with E-state index in [-0.39, 0.29) is 11.9 Å². The molecule has 5 nitrogen and oxygen atoms in total. The summed E-state index contributed by atoms with van der Waals surface area (Å²) in [4.78, 5) is 14.3. The lowest BCUT2D eigenvalue weighted by Crippen LogP contribution is -2.37. The monoisotopic (exact) mass is 227 g/mol. The highest BCUT2D eigenvalue weighted by atomic mass is 32.1. The largest absolute Gasteiger partial charge is 0.391 e. The summed E-state index contributed by atoms with van der Waals surface area (Å²) in [6, 6.07) is -0.112. The summed E-state index contributed by atoms with van der Waals surface area (Å²) in [6.07, 6.45) is 0.244. The van der Waals surface area contributed by atoms with Gasteiger partial charge >= 0.3 is 0 Å². The Bertz CT molecular complexity index is 379. The van der Waals surface area contributed by atoms with Crippen LogP contribution in [0, 0.1) is 6.92 Å². The van der Waals surface area contributed by atoms with Crippen molar-refractivity contribution in [2.45, 2.75) is 32.4 Å². The van der Waals surface area contributed by atoms with Crippen LogP contribution >= 0.6 is 11.5 Å². The van der Waals surface area contributed by atoms with Crippen molar-refractivity contribution in [2.75, 3.05) is 6.54 Å². The number of aliphatic hydroxyl groups excluding tert-OH is 1. The third-order valence-electron chi connectivity index (χ3n) is 2.82. The molecule has 0 aliphatic carbocycles. The fourth-order valence-corrected chi connectivity index (χ4v) is 2.38. The molecule has 1 aromatic rings. The highest BCUT2D eigenvalue weighted by molar-refractivity contribution is 7.07. The van der Waals surface area contributed by atoms with E-state index in [9.17, 15) is 9.90 Å². The zero-order valence-corrected chi connectivity index (χ0v) is 9.49. The van der Waals surface area contributed by atoms with Crippen molar-refractivity contribution in [3.63, 3.8) is 0 Å². The second-order valence-corrected chi connectivity index (χ2v) is 4.54. The minimum absolute atomic E-state index is 0.0634. The predicted molar refractivity (Wildman–Crippen MR) is 55.8 cm³/mol. The molecule has 1 aromatic heterocycles. The Balaban J connectivity index is 2.19. The quantitative estimate of drug-likeness (QED) is 0.756. The van der Waals surface area contributed by atoms with Crippen molar-refractivity contribution < 1.29 is 9.90 Å². The molecule has 1 aliphatic heterocycles. The van der Waals surface area contributed by atoms with E-state index in [0.29, 0.717) is 23.5 Å². The molecule has 0 spiro atoms. The minimum atomic E-state index is -0.407. The van der Waals surface area contributed by atoms with Gasteiger partial charge in [-0.3, -0.25) is 4.79 Å². The van der Waals surface area contributed by atoms with Crippen molar-refractivity contribution in [1.82, 2.24) is 14.5 Å². The van der Waals surface area contributed by atoms with Gasteiger partial charge in [-0.05, 0) is 31.8 Å². The molecule has 0 bridgehead atoms. The van der Waals surface area contributed by atoms with Crippen LogP contribution in [0.2, 0.25) is 0 Å². The maximum Gasteiger partial charge on any atom is 0.267 e. The summed E-state index contributed by atoms with van der Waals surface area (Å²) < 4.78 is 3.74. The summed E-state index contributed by atoms with van der Waals surface area (Å²) in [5.41, 5.74) is 0.665. The lowest BCUT2D eigenvalue weighted by Gasteiger charge is -2.21. The van der Waals surface area contributed by atoms with Gasteiger partial charge in [0.25, 0.3) is 5.91 Å². The number of aryl methyl sites for hydroxylation is 1. The first-order valence-electron chi connectivity index (χ1n) is 4.89. The molecule has 0 unspecified atom stereocenters. The first-order valence-corrected chi connectivity index (χ1v) is 5.66. The van der Waals surface area contributed by atoms with E-state index in [1.54, 1.807) is 11.8 Å². The Kier molecular flexibility index (Phi) is 2.70. The van der Waals surface area contributed by atoms with Crippen LogP contribution in [-0.4, -0.2) is 44.2 Å². The third kappa shape index (κ3) is 1.74. The predicted octanol–water partition coefficient (Wildman–Crippen LogP) is 0.442. The zero-order chi connectivity index (χ0) is 11.0. The molecule has 1 aliphatic rings. The van der Waals surface area contributed by atoms with Crippen LogP contribution in [-0.2, 0) is 0 Å². The number of aliphatic hydroxyl groups is 1. The molecule has 1 amide bonds. The summed E-state index contributed by atoms with van der Waals surface area (Å²) in [6.45, 7) is 4.24. The van der Waals surface area contributed by atoms with Crippen LogP contribution in [0.4, 0.5) is 0 Å². The Labute approximate surface area is 91.9 Å². The number of aromatic nitrogens is 2. The summed E-state index contributed by atoms with van der Waals surface area (Å²) >= 11 is 1.11. The average Bonchev–Trinajstić information content (AvgIpc) is 2.75. The molecule has 82 valence electrons. The topological polar surface area (TPSA) is 66.3 Å². The SMILES string of the molecule is Cc1nnsc1C(=O)N1CC[C@H](O)[C@@H]1C. The number of nitrogens with zero attached hydrogens (tertiary/aromatic N) is 3. The van der Waals surface area contributed by atoms with Crippen LogP contribution in [0.1, 0.15) is 28.7 Å². The fourth-order valence-electron chi connectivity index (χ4n) is 1.77. The maximum atomic E-state index is 12.0. The molecule has 2 rings (SSSR count). The standard InChI is InChI=1S/C9H13N3O2S/c1-5-8(15-11-10-5)9(14)12-4-3-7(13)6(12)2/h6-7,13H,3-4H2,1-2H3/t6-,7-/m0/s1. The van der Waals surface area contributed by atoms with Crippen molar-refractivity contribution >= 4 is 17.4 Å². The van der Waals surface area contributed by atoms with Gasteiger partial charge in [-0.2, -0.15) is 0 Å². The van der Waals surface area contributed by atoms with Gasteiger partial charge in [-0.25, -0.2) is 0 Å². The Morgan fingerprint density at radius 3 is 2.87 bits per heavy atom. The van der Waals surface area contributed by atoms with Gasteiger partial charge in [0.05, 0.1) is 17.8 Å². The molecule has 0 saturated carbocycles. The number of amides is 1. The second-order valence-electron chi connectivity index (χ2n) is 3.78. The molecule has 1 N–H and O–H groups in total. The Morgan fingerprint density at radius 1 is 1.67 bits per heavy atom. The summed E-state index contributed by atoms with van der Waals surface area (Å²) in [7, 11) is 0. The number of likely N-dealkylation sites (tertiary alicyclic amines) is 1. The number of hydrogen-bond donors (Lipinski definition) is 1. The van der Waals surface area contributed by atoms with Crippen LogP contribution in [0.15, 0.2) is 0 Å². The van der Waals surface area contributed by atoms with Gasteiger partial charge in [-0.1, -0.05) is 4.49 Å². The van der Waals surface area contributed by atoms with E-state index in [1.165, 1.54) is 0 Å². The van der Waals surface area contributed by atoms with E-state index in [0.717, 1.165) is 11.5 Å². The van der Waals surface area contributed by atoms with Gasteiger partial charge in [0.1, 0.15) is 4.88 Å². The minimum Gasteiger partial charge on any atom is -0.391 e. The van der Waals surface area contributed by atoms with Gasteiger partial charge in [0, 0.05) is 6.54 Å². The molecule has 0 aromatic carbocycles. The van der Waals surface area contributed by atoms with Crippen LogP contribution in [0.3, 0.4) is 0 Å². The maximum absolute atomic E-state index is 12.0. The van der Waals surface area contributed by atoms with E-state index in [1.807, 2.05) is 6.92 Å². The van der Waals surface area contributed by atoms with Gasteiger partial charge in [0.2, 0.25) is 0 Å². The van der Waals surface area contributed by atoms with Crippen molar-refractivity contribution in [2.24, 2.45) is 0 Å². The number of rotatable bonds is 1. The molecule has 0 radical (unpaired) electrons. The molecule has 6 heteroatoms. The Morgan fingerprint density at radius 2 is 2.40 bits per heavy atom. The second kappa shape index (κ2) is 3.86. The smallest absolute Gasteiger partial charge is 0.267 e.